The van der Waals surface area contributed by atoms with Crippen molar-refractivity contribution in [3.8, 4) is 0 Å². The van der Waals surface area contributed by atoms with E-state index in [4.69, 9.17) is 11.6 Å². The number of aromatic nitrogens is 2. The first-order valence-electron chi connectivity index (χ1n) is 5.51. The van der Waals surface area contributed by atoms with E-state index >= 15 is 0 Å². The van der Waals surface area contributed by atoms with Gasteiger partial charge in [-0.2, -0.15) is 0 Å². The van der Waals surface area contributed by atoms with E-state index in [0.717, 1.165) is 0 Å². The Balaban J connectivity index is 2.96. The Morgan fingerprint density at radius 1 is 1.47 bits per heavy atom. The molecule has 0 N–H and O–H groups in total. The first-order valence-corrected chi connectivity index (χ1v) is 5.89. The number of amides is 1. The van der Waals surface area contributed by atoms with E-state index in [1.54, 1.807) is 11.8 Å². The monoisotopic (exact) mass is 257 g/mol. The van der Waals surface area contributed by atoms with Crippen LogP contribution in [0, 0.1) is 6.92 Å². The minimum atomic E-state index is -0.303. The lowest BCUT2D eigenvalue weighted by Gasteiger charge is -2.19. The number of hydrogen-bond acceptors (Lipinski definition) is 3. The normalized spacial score (nSPS) is 10.4. The minimum Gasteiger partial charge on any atom is -0.342 e. The van der Waals surface area contributed by atoms with Gasteiger partial charge in [0.15, 0.2) is 0 Å². The fourth-order valence-corrected chi connectivity index (χ4v) is 1.81. The van der Waals surface area contributed by atoms with Gasteiger partial charge < -0.3 is 4.90 Å². The molecule has 1 amide bonds. The molecule has 1 aromatic rings. The molecule has 0 unspecified atom stereocenters. The molecule has 0 radical (unpaired) electrons. The van der Waals surface area contributed by atoms with Crippen molar-refractivity contribution < 1.29 is 4.79 Å². The number of carbonyl (C=O) groups is 1. The van der Waals surface area contributed by atoms with Crippen LogP contribution in [0.5, 0.6) is 0 Å². The lowest BCUT2D eigenvalue weighted by molar-refractivity contribution is -0.131. The zero-order valence-electron chi connectivity index (χ0n) is 10.2. The van der Waals surface area contributed by atoms with E-state index in [0.29, 0.717) is 18.9 Å². The van der Waals surface area contributed by atoms with Crippen LogP contribution < -0.4 is 5.56 Å². The van der Waals surface area contributed by atoms with Gasteiger partial charge in [-0.15, -0.1) is 0 Å². The second-order valence-electron chi connectivity index (χ2n) is 3.62. The highest BCUT2D eigenvalue weighted by Gasteiger charge is 2.13. The van der Waals surface area contributed by atoms with E-state index < -0.39 is 0 Å². The highest BCUT2D eigenvalue weighted by atomic mass is 35.5. The summed E-state index contributed by atoms with van der Waals surface area (Å²) in [4.78, 5) is 29.2. The molecule has 17 heavy (non-hydrogen) atoms. The molecule has 94 valence electrons. The zero-order chi connectivity index (χ0) is 13.0. The summed E-state index contributed by atoms with van der Waals surface area (Å²) in [6, 6.07) is 1.21. The van der Waals surface area contributed by atoms with Gasteiger partial charge in [0.25, 0.3) is 5.56 Å². The number of carbonyl (C=O) groups excluding carboxylic acids is 1. The maximum absolute atomic E-state index is 11.9. The molecule has 0 bridgehead atoms. The second-order valence-corrected chi connectivity index (χ2v) is 4.00. The summed E-state index contributed by atoms with van der Waals surface area (Å²) in [7, 11) is 0. The van der Waals surface area contributed by atoms with Crippen molar-refractivity contribution in [1.82, 2.24) is 14.5 Å². The van der Waals surface area contributed by atoms with E-state index in [2.05, 4.69) is 4.98 Å². The van der Waals surface area contributed by atoms with Crippen molar-refractivity contribution in [3.63, 3.8) is 0 Å². The van der Waals surface area contributed by atoms with E-state index in [9.17, 15) is 9.59 Å². The van der Waals surface area contributed by atoms with E-state index in [-0.39, 0.29) is 23.2 Å². The SMILES string of the molecule is CCN(CC)C(=O)Cn1c(C)nc(Cl)cc1=O. The molecule has 0 aromatic carbocycles. The maximum Gasteiger partial charge on any atom is 0.255 e. The van der Waals surface area contributed by atoms with Gasteiger partial charge >= 0.3 is 0 Å². The van der Waals surface area contributed by atoms with Crippen LogP contribution >= 0.6 is 11.6 Å². The van der Waals surface area contributed by atoms with Crippen molar-refractivity contribution in [2.75, 3.05) is 13.1 Å². The fraction of sp³-hybridized carbons (Fsp3) is 0.545. The highest BCUT2D eigenvalue weighted by molar-refractivity contribution is 6.29. The lowest BCUT2D eigenvalue weighted by atomic mass is 10.4. The summed E-state index contributed by atoms with van der Waals surface area (Å²) in [5.74, 6) is 0.354. The number of hydrogen-bond donors (Lipinski definition) is 0. The molecule has 0 spiro atoms. The number of rotatable bonds is 4. The first-order chi connectivity index (χ1) is 7.99. The molecular weight excluding hydrogens is 242 g/mol. The first kappa shape index (κ1) is 13.7. The molecule has 0 aliphatic heterocycles. The fourth-order valence-electron chi connectivity index (χ4n) is 1.59. The van der Waals surface area contributed by atoms with Crippen molar-refractivity contribution in [2.24, 2.45) is 0 Å². The minimum absolute atomic E-state index is 0.0104. The van der Waals surface area contributed by atoms with Crippen LogP contribution in [-0.2, 0) is 11.3 Å². The van der Waals surface area contributed by atoms with Gasteiger partial charge in [-0.25, -0.2) is 4.98 Å². The topological polar surface area (TPSA) is 55.2 Å². The summed E-state index contributed by atoms with van der Waals surface area (Å²) in [6.45, 7) is 6.72. The predicted molar refractivity (Wildman–Crippen MR) is 66.2 cm³/mol. The van der Waals surface area contributed by atoms with Crippen molar-refractivity contribution in [2.45, 2.75) is 27.3 Å². The molecule has 1 rings (SSSR count). The Morgan fingerprint density at radius 2 is 2.06 bits per heavy atom. The molecule has 0 aliphatic carbocycles. The van der Waals surface area contributed by atoms with E-state index in [1.165, 1.54) is 10.6 Å². The third kappa shape index (κ3) is 3.30. The van der Waals surface area contributed by atoms with E-state index in [1.807, 2.05) is 13.8 Å². The van der Waals surface area contributed by atoms with Crippen LogP contribution in [0.25, 0.3) is 0 Å². The van der Waals surface area contributed by atoms with Gasteiger partial charge in [0.2, 0.25) is 5.91 Å². The second kappa shape index (κ2) is 5.82. The Bertz CT molecular complexity index is 466. The summed E-state index contributed by atoms with van der Waals surface area (Å²) < 4.78 is 1.33. The summed E-state index contributed by atoms with van der Waals surface area (Å²) in [5, 5.41) is 0.152. The van der Waals surface area contributed by atoms with Gasteiger partial charge in [-0.05, 0) is 20.8 Å². The van der Waals surface area contributed by atoms with Crippen molar-refractivity contribution in [3.05, 3.63) is 27.4 Å². The van der Waals surface area contributed by atoms with Gasteiger partial charge in [0, 0.05) is 19.2 Å². The van der Waals surface area contributed by atoms with Crippen LogP contribution in [-0.4, -0.2) is 33.4 Å². The van der Waals surface area contributed by atoms with Crippen LogP contribution in [0.4, 0.5) is 0 Å². The average Bonchev–Trinajstić information content (AvgIpc) is 2.25. The molecule has 1 aromatic heterocycles. The number of likely N-dealkylation sites (N-methyl/N-ethyl adjacent to an activating group) is 1. The Morgan fingerprint density at radius 3 is 2.53 bits per heavy atom. The number of halogens is 1. The van der Waals surface area contributed by atoms with Gasteiger partial charge in [-0.3, -0.25) is 14.2 Å². The maximum atomic E-state index is 11.9. The van der Waals surface area contributed by atoms with Crippen LogP contribution in [0.15, 0.2) is 10.9 Å². The summed E-state index contributed by atoms with van der Waals surface area (Å²) >= 11 is 5.66. The molecule has 0 fully saturated rings. The number of nitrogens with zero attached hydrogens (tertiary/aromatic N) is 3. The van der Waals surface area contributed by atoms with Crippen LogP contribution in [0.3, 0.4) is 0 Å². The molecule has 0 saturated heterocycles. The number of aryl methyl sites for hydroxylation is 1. The average molecular weight is 258 g/mol. The summed E-state index contributed by atoms with van der Waals surface area (Å²) in [5.41, 5.74) is -0.303. The van der Waals surface area contributed by atoms with Crippen LogP contribution in [0.2, 0.25) is 5.15 Å². The smallest absolute Gasteiger partial charge is 0.255 e. The molecule has 0 aliphatic rings. The largest absolute Gasteiger partial charge is 0.342 e. The zero-order valence-corrected chi connectivity index (χ0v) is 11.0. The lowest BCUT2D eigenvalue weighted by Crippen LogP contribution is -2.37. The highest BCUT2D eigenvalue weighted by Crippen LogP contribution is 2.02. The molecule has 1 heterocycles. The van der Waals surface area contributed by atoms with Gasteiger partial charge in [0.05, 0.1) is 0 Å². The van der Waals surface area contributed by atoms with Gasteiger partial charge in [0.1, 0.15) is 17.5 Å². The molecular formula is C11H16ClN3O2. The standard InChI is InChI=1S/C11H16ClN3O2/c1-4-14(5-2)11(17)7-15-8(3)13-9(12)6-10(15)16/h6H,4-5,7H2,1-3H3. The third-order valence-electron chi connectivity index (χ3n) is 2.58. The Hall–Kier alpha value is -1.36. The van der Waals surface area contributed by atoms with Crippen LogP contribution in [0.1, 0.15) is 19.7 Å². The molecule has 6 heteroatoms. The predicted octanol–water partition coefficient (Wildman–Crippen LogP) is 1.07. The third-order valence-corrected chi connectivity index (χ3v) is 2.77. The quantitative estimate of drug-likeness (QED) is 0.759. The van der Waals surface area contributed by atoms with Crippen molar-refractivity contribution in [1.29, 1.82) is 0 Å². The Labute approximate surface area is 105 Å². The molecule has 5 nitrogen and oxygen atoms in total. The van der Waals surface area contributed by atoms with Crippen molar-refractivity contribution >= 4 is 17.5 Å². The van der Waals surface area contributed by atoms with Gasteiger partial charge in [-0.1, -0.05) is 11.6 Å². The summed E-state index contributed by atoms with van der Waals surface area (Å²) in [6.07, 6.45) is 0. The molecule has 0 saturated carbocycles. The Kier molecular flexibility index (Phi) is 4.69. The molecule has 0 atom stereocenters.